The van der Waals surface area contributed by atoms with Crippen molar-refractivity contribution in [3.8, 4) is 5.75 Å². The van der Waals surface area contributed by atoms with Gasteiger partial charge in [0.15, 0.2) is 0 Å². The van der Waals surface area contributed by atoms with E-state index in [1.54, 1.807) is 24.1 Å². The number of carbonyl (C=O) groups excluding carboxylic acids is 1. The highest BCUT2D eigenvalue weighted by Gasteiger charge is 2.14. The van der Waals surface area contributed by atoms with Gasteiger partial charge in [-0.1, -0.05) is 12.1 Å². The van der Waals surface area contributed by atoms with E-state index in [1.807, 2.05) is 31.0 Å². The third-order valence-corrected chi connectivity index (χ3v) is 3.62. The van der Waals surface area contributed by atoms with Crippen LogP contribution in [0.4, 0.5) is 8.78 Å². The molecule has 0 spiro atoms. The lowest BCUT2D eigenvalue weighted by Crippen LogP contribution is -2.35. The van der Waals surface area contributed by atoms with Crippen molar-refractivity contribution in [2.24, 2.45) is 0 Å². The molecule has 0 aliphatic rings. The first-order valence-electron chi connectivity index (χ1n) is 7.85. The van der Waals surface area contributed by atoms with E-state index in [-0.39, 0.29) is 18.2 Å². The molecule has 2 aromatic rings. The topological polar surface area (TPSA) is 45.9 Å². The Morgan fingerprint density at radius 3 is 2.36 bits per heavy atom. The summed E-state index contributed by atoms with van der Waals surface area (Å²) in [4.78, 5) is 15.8. The van der Waals surface area contributed by atoms with Gasteiger partial charge in [-0.15, -0.1) is 0 Å². The van der Waals surface area contributed by atoms with Crippen molar-refractivity contribution >= 4 is 5.91 Å². The van der Waals surface area contributed by atoms with Crippen LogP contribution in [-0.4, -0.2) is 43.0 Å². The van der Waals surface area contributed by atoms with Crippen LogP contribution in [0.15, 0.2) is 40.8 Å². The van der Waals surface area contributed by atoms with Crippen molar-refractivity contribution in [2.75, 3.05) is 20.6 Å². The Hall–Kier alpha value is -2.41. The molecule has 7 heteroatoms. The second-order valence-corrected chi connectivity index (χ2v) is 5.96. The molecule has 1 heterocycles. The Labute approximate surface area is 145 Å². The molecule has 0 aliphatic heterocycles. The predicted octanol–water partition coefficient (Wildman–Crippen LogP) is 3.28. The first-order chi connectivity index (χ1) is 11.8. The summed E-state index contributed by atoms with van der Waals surface area (Å²) in [5.41, 5.74) is 0.835. The van der Waals surface area contributed by atoms with Crippen LogP contribution in [0, 0.1) is 6.92 Å². The molecule has 2 rings (SSSR count). The molecule has 1 aromatic carbocycles. The van der Waals surface area contributed by atoms with E-state index in [4.69, 9.17) is 4.42 Å². The maximum Gasteiger partial charge on any atom is 0.387 e. The maximum atomic E-state index is 12.3. The van der Waals surface area contributed by atoms with Crippen LogP contribution in [0.5, 0.6) is 5.75 Å². The molecule has 0 aliphatic carbocycles. The van der Waals surface area contributed by atoms with Crippen LogP contribution >= 0.6 is 0 Å². The maximum absolute atomic E-state index is 12.3. The van der Waals surface area contributed by atoms with Gasteiger partial charge in [0.1, 0.15) is 17.3 Å². The molecule has 0 fully saturated rings. The van der Waals surface area contributed by atoms with Crippen LogP contribution in [0.2, 0.25) is 0 Å². The fourth-order valence-electron chi connectivity index (χ4n) is 2.38. The summed E-state index contributed by atoms with van der Waals surface area (Å²) in [6.45, 7) is 0.223. The van der Waals surface area contributed by atoms with Gasteiger partial charge in [0, 0.05) is 13.6 Å². The molecule has 136 valence electrons. The third-order valence-electron chi connectivity index (χ3n) is 3.62. The molecular formula is C18H22F2N2O3. The normalized spacial score (nSPS) is 11.2. The summed E-state index contributed by atoms with van der Waals surface area (Å²) in [6.07, 6.45) is 0. The molecule has 0 radical (unpaired) electrons. The average Bonchev–Trinajstić information content (AvgIpc) is 2.93. The molecule has 0 saturated carbocycles. The summed E-state index contributed by atoms with van der Waals surface area (Å²) >= 11 is 0. The Bertz CT molecular complexity index is 686. The van der Waals surface area contributed by atoms with Gasteiger partial charge in [-0.05, 0) is 43.8 Å². The first kappa shape index (κ1) is 18.9. The molecule has 0 atom stereocenters. The van der Waals surface area contributed by atoms with Crippen molar-refractivity contribution < 1.29 is 22.7 Å². The van der Waals surface area contributed by atoms with Gasteiger partial charge in [0.2, 0.25) is 5.91 Å². The van der Waals surface area contributed by atoms with Crippen LogP contribution in [-0.2, 0) is 17.9 Å². The van der Waals surface area contributed by atoms with Gasteiger partial charge in [0.05, 0.1) is 13.1 Å². The van der Waals surface area contributed by atoms with E-state index in [9.17, 15) is 13.6 Å². The molecule has 0 saturated heterocycles. The highest BCUT2D eigenvalue weighted by atomic mass is 19.3. The summed E-state index contributed by atoms with van der Waals surface area (Å²) in [7, 11) is 3.55. The number of amides is 1. The number of likely N-dealkylation sites (N-methyl/N-ethyl adjacent to an activating group) is 2. The van der Waals surface area contributed by atoms with Crippen LogP contribution in [0.25, 0.3) is 0 Å². The number of carbonyl (C=O) groups is 1. The minimum atomic E-state index is -2.84. The molecular weight excluding hydrogens is 330 g/mol. The monoisotopic (exact) mass is 352 g/mol. The van der Waals surface area contributed by atoms with Crippen LogP contribution in [0.3, 0.4) is 0 Å². The van der Waals surface area contributed by atoms with Crippen LogP contribution < -0.4 is 4.74 Å². The van der Waals surface area contributed by atoms with Crippen molar-refractivity contribution in [1.82, 2.24) is 9.80 Å². The molecule has 0 unspecified atom stereocenters. The third kappa shape index (κ3) is 6.19. The zero-order chi connectivity index (χ0) is 18.4. The minimum absolute atomic E-state index is 0.0429. The summed E-state index contributed by atoms with van der Waals surface area (Å²) in [6, 6.07) is 10.0. The highest BCUT2D eigenvalue weighted by molar-refractivity contribution is 5.77. The molecule has 1 amide bonds. The van der Waals surface area contributed by atoms with Crippen LogP contribution in [0.1, 0.15) is 17.1 Å². The second kappa shape index (κ2) is 8.62. The van der Waals surface area contributed by atoms with E-state index >= 15 is 0 Å². The van der Waals surface area contributed by atoms with E-state index < -0.39 is 6.61 Å². The first-order valence-corrected chi connectivity index (χ1v) is 7.85. The molecule has 25 heavy (non-hydrogen) atoms. The van der Waals surface area contributed by atoms with Gasteiger partial charge in [-0.3, -0.25) is 9.69 Å². The fourth-order valence-corrected chi connectivity index (χ4v) is 2.38. The van der Waals surface area contributed by atoms with Crippen molar-refractivity contribution in [2.45, 2.75) is 26.6 Å². The van der Waals surface area contributed by atoms with Crippen molar-refractivity contribution in [3.05, 3.63) is 53.5 Å². The molecule has 5 nitrogen and oxygen atoms in total. The largest absolute Gasteiger partial charge is 0.465 e. The Balaban J connectivity index is 1.82. The number of hydrogen-bond acceptors (Lipinski definition) is 4. The Kier molecular flexibility index (Phi) is 6.52. The van der Waals surface area contributed by atoms with Gasteiger partial charge in [-0.2, -0.15) is 8.78 Å². The number of alkyl halides is 2. The SMILES string of the molecule is Cc1ccc(CN(C)CC(=O)N(C)Cc2ccc(OC(F)F)cc2)o1. The van der Waals surface area contributed by atoms with Gasteiger partial charge in [0.25, 0.3) is 0 Å². The van der Waals surface area contributed by atoms with Crippen molar-refractivity contribution in [1.29, 1.82) is 0 Å². The second-order valence-electron chi connectivity index (χ2n) is 5.96. The Morgan fingerprint density at radius 1 is 1.12 bits per heavy atom. The summed E-state index contributed by atoms with van der Waals surface area (Å²) < 4.78 is 34.1. The van der Waals surface area contributed by atoms with Crippen molar-refractivity contribution in [3.63, 3.8) is 0 Å². The number of ether oxygens (including phenoxy) is 1. The standard InChI is InChI=1S/C18H22F2N2O3/c1-13-4-7-16(24-13)11-21(2)12-17(23)22(3)10-14-5-8-15(9-6-14)25-18(19)20/h4-9,18H,10-12H2,1-3H3. The van der Waals surface area contributed by atoms with E-state index in [1.165, 1.54) is 12.1 Å². The summed E-state index contributed by atoms with van der Waals surface area (Å²) in [5.74, 6) is 1.70. The highest BCUT2D eigenvalue weighted by Crippen LogP contribution is 2.16. The number of hydrogen-bond donors (Lipinski definition) is 0. The number of furan rings is 1. The smallest absolute Gasteiger partial charge is 0.387 e. The quantitative estimate of drug-likeness (QED) is 0.731. The molecule has 0 bridgehead atoms. The molecule has 1 aromatic heterocycles. The minimum Gasteiger partial charge on any atom is -0.465 e. The fraction of sp³-hybridized carbons (Fsp3) is 0.389. The Morgan fingerprint density at radius 2 is 1.80 bits per heavy atom. The zero-order valence-electron chi connectivity index (χ0n) is 14.5. The van der Waals surface area contributed by atoms with E-state index in [2.05, 4.69) is 4.74 Å². The predicted molar refractivity (Wildman–Crippen MR) is 89.3 cm³/mol. The summed E-state index contributed by atoms with van der Waals surface area (Å²) in [5, 5.41) is 0. The number of benzene rings is 1. The lowest BCUT2D eigenvalue weighted by molar-refractivity contribution is -0.131. The zero-order valence-corrected chi connectivity index (χ0v) is 14.5. The number of aryl methyl sites for hydroxylation is 1. The van der Waals surface area contributed by atoms with Gasteiger partial charge >= 0.3 is 6.61 Å². The van der Waals surface area contributed by atoms with E-state index in [0.717, 1.165) is 17.1 Å². The van der Waals surface area contributed by atoms with Gasteiger partial charge < -0.3 is 14.1 Å². The number of rotatable bonds is 8. The number of nitrogens with zero attached hydrogens (tertiary/aromatic N) is 2. The van der Waals surface area contributed by atoms with Gasteiger partial charge in [-0.25, -0.2) is 0 Å². The van der Waals surface area contributed by atoms with E-state index in [0.29, 0.717) is 13.1 Å². The lowest BCUT2D eigenvalue weighted by Gasteiger charge is -2.21. The number of halogens is 2. The lowest BCUT2D eigenvalue weighted by atomic mass is 10.2. The average molecular weight is 352 g/mol. The molecule has 0 N–H and O–H groups in total.